The van der Waals surface area contributed by atoms with Crippen LogP contribution < -0.4 is 5.32 Å². The van der Waals surface area contributed by atoms with Gasteiger partial charge in [-0.3, -0.25) is 10.1 Å². The van der Waals surface area contributed by atoms with Gasteiger partial charge >= 0.3 is 6.09 Å². The number of non-ortho nitro benzene ring substituents is 1. The van der Waals surface area contributed by atoms with Crippen molar-refractivity contribution in [2.45, 2.75) is 32.6 Å². The van der Waals surface area contributed by atoms with Crippen LogP contribution in [0.5, 0.6) is 0 Å². The van der Waals surface area contributed by atoms with Gasteiger partial charge in [0.05, 0.1) is 11.5 Å². The molecule has 0 aliphatic rings. The molecule has 1 N–H and O–H groups in total. The lowest BCUT2D eigenvalue weighted by atomic mass is 10.1. The number of amides is 1. The van der Waals surface area contributed by atoms with Crippen LogP contribution in [0.4, 0.5) is 10.5 Å². The number of nitrogens with zero attached hydrogens (tertiary/aromatic N) is 1. The maximum Gasteiger partial charge on any atom is 0.407 e. The topological polar surface area (TPSA) is 81.5 Å². The summed E-state index contributed by atoms with van der Waals surface area (Å²) in [6.07, 6.45) is 3.00. The van der Waals surface area contributed by atoms with Crippen LogP contribution in [0.1, 0.15) is 31.7 Å². The number of unbranched alkanes of at least 4 members (excludes halogenated alkanes) is 1. The molecule has 20 heavy (non-hydrogen) atoms. The first-order valence-electron chi connectivity index (χ1n) is 6.77. The van der Waals surface area contributed by atoms with Crippen LogP contribution in [0.25, 0.3) is 0 Å². The van der Waals surface area contributed by atoms with E-state index in [-0.39, 0.29) is 11.8 Å². The van der Waals surface area contributed by atoms with Crippen molar-refractivity contribution < 1.29 is 14.5 Å². The van der Waals surface area contributed by atoms with E-state index >= 15 is 0 Å². The summed E-state index contributed by atoms with van der Waals surface area (Å²) in [5, 5.41) is 13.2. The zero-order valence-corrected chi connectivity index (χ0v) is 11.6. The summed E-state index contributed by atoms with van der Waals surface area (Å²) in [5.41, 5.74) is 1.07. The smallest absolute Gasteiger partial charge is 0.407 e. The van der Waals surface area contributed by atoms with E-state index in [9.17, 15) is 14.9 Å². The minimum absolute atomic E-state index is 0.0836. The number of nitro benzene ring substituents is 1. The van der Waals surface area contributed by atoms with Crippen LogP contribution in [-0.2, 0) is 11.2 Å². The predicted molar refractivity (Wildman–Crippen MR) is 75.7 cm³/mol. The molecule has 0 atom stereocenters. The van der Waals surface area contributed by atoms with Gasteiger partial charge in [0.25, 0.3) is 5.69 Å². The summed E-state index contributed by atoms with van der Waals surface area (Å²) in [5.74, 6) is 0. The fourth-order valence-electron chi connectivity index (χ4n) is 1.64. The van der Waals surface area contributed by atoms with Gasteiger partial charge in [0.1, 0.15) is 0 Å². The first-order chi connectivity index (χ1) is 9.63. The zero-order valence-electron chi connectivity index (χ0n) is 11.6. The molecule has 0 aliphatic carbocycles. The summed E-state index contributed by atoms with van der Waals surface area (Å²) in [6, 6.07) is 6.40. The van der Waals surface area contributed by atoms with Crippen molar-refractivity contribution >= 4 is 11.8 Å². The molecule has 6 nitrogen and oxygen atoms in total. The molecule has 0 heterocycles. The number of nitrogens with one attached hydrogen (secondary N) is 1. The number of alkyl carbamates (subject to hydrolysis) is 1. The Bertz CT molecular complexity index is 431. The highest BCUT2D eigenvalue weighted by atomic mass is 16.6. The molecule has 1 rings (SSSR count). The molecule has 1 amide bonds. The van der Waals surface area contributed by atoms with Gasteiger partial charge in [-0.15, -0.1) is 0 Å². The number of benzene rings is 1. The van der Waals surface area contributed by atoms with Crippen LogP contribution >= 0.6 is 0 Å². The van der Waals surface area contributed by atoms with E-state index in [2.05, 4.69) is 12.2 Å². The van der Waals surface area contributed by atoms with Crippen molar-refractivity contribution in [2.24, 2.45) is 0 Å². The molecule has 0 spiro atoms. The van der Waals surface area contributed by atoms with Gasteiger partial charge in [0.15, 0.2) is 0 Å². The Hall–Kier alpha value is -2.11. The molecule has 110 valence electrons. The molecule has 0 aliphatic heterocycles. The van der Waals surface area contributed by atoms with Gasteiger partial charge in [-0.2, -0.15) is 0 Å². The van der Waals surface area contributed by atoms with Crippen LogP contribution in [-0.4, -0.2) is 24.2 Å². The lowest BCUT2D eigenvalue weighted by molar-refractivity contribution is -0.384. The number of nitro groups is 1. The normalized spacial score (nSPS) is 10.1. The number of carbonyl (C=O) groups excluding carboxylic acids is 1. The summed E-state index contributed by atoms with van der Waals surface area (Å²) >= 11 is 0. The minimum Gasteiger partial charge on any atom is -0.450 e. The zero-order chi connectivity index (χ0) is 14.8. The van der Waals surface area contributed by atoms with Gasteiger partial charge in [-0.05, 0) is 24.8 Å². The molecule has 1 aromatic rings. The molecule has 0 bridgehead atoms. The van der Waals surface area contributed by atoms with Gasteiger partial charge in [-0.25, -0.2) is 4.79 Å². The third kappa shape index (κ3) is 6.17. The Morgan fingerprint density at radius 3 is 2.60 bits per heavy atom. The van der Waals surface area contributed by atoms with E-state index in [1.807, 2.05) is 0 Å². The van der Waals surface area contributed by atoms with E-state index in [1.54, 1.807) is 12.1 Å². The second-order valence-electron chi connectivity index (χ2n) is 4.44. The molecular weight excluding hydrogens is 260 g/mol. The van der Waals surface area contributed by atoms with Gasteiger partial charge in [-0.1, -0.05) is 25.5 Å². The number of hydrogen-bond donors (Lipinski definition) is 1. The molecule has 1 aromatic carbocycles. The maximum atomic E-state index is 11.2. The molecule has 0 fully saturated rings. The summed E-state index contributed by atoms with van der Waals surface area (Å²) < 4.78 is 5.01. The van der Waals surface area contributed by atoms with Gasteiger partial charge in [0, 0.05) is 18.7 Å². The molecule has 0 unspecified atom stereocenters. The lowest BCUT2D eigenvalue weighted by Crippen LogP contribution is -2.25. The van der Waals surface area contributed by atoms with Crippen LogP contribution in [0.2, 0.25) is 0 Å². The van der Waals surface area contributed by atoms with Crippen molar-refractivity contribution in [3.05, 3.63) is 39.9 Å². The number of rotatable bonds is 8. The Morgan fingerprint density at radius 2 is 2.00 bits per heavy atom. The molecule has 0 aromatic heterocycles. The lowest BCUT2D eigenvalue weighted by Gasteiger charge is -2.06. The van der Waals surface area contributed by atoms with E-state index in [4.69, 9.17) is 4.74 Å². The molecular formula is C14H20N2O4. The number of hydrogen-bond acceptors (Lipinski definition) is 4. The third-order valence-electron chi connectivity index (χ3n) is 2.79. The van der Waals surface area contributed by atoms with Crippen molar-refractivity contribution in [2.75, 3.05) is 13.2 Å². The number of carbonyl (C=O) groups is 1. The first kappa shape index (κ1) is 15.9. The third-order valence-corrected chi connectivity index (χ3v) is 2.79. The Labute approximate surface area is 118 Å². The van der Waals surface area contributed by atoms with Crippen molar-refractivity contribution in [1.82, 2.24) is 5.32 Å². The number of aryl methyl sites for hydroxylation is 1. The summed E-state index contributed by atoms with van der Waals surface area (Å²) in [4.78, 5) is 21.3. The van der Waals surface area contributed by atoms with E-state index in [0.717, 1.165) is 24.8 Å². The second kappa shape index (κ2) is 8.90. The highest BCUT2D eigenvalue weighted by molar-refractivity contribution is 5.66. The average molecular weight is 280 g/mol. The van der Waals surface area contributed by atoms with Crippen molar-refractivity contribution in [1.29, 1.82) is 0 Å². The summed E-state index contributed by atoms with van der Waals surface area (Å²) in [6.45, 7) is 3.03. The molecule has 0 saturated heterocycles. The van der Waals surface area contributed by atoms with Crippen LogP contribution in [0.15, 0.2) is 24.3 Å². The van der Waals surface area contributed by atoms with Crippen molar-refractivity contribution in [3.63, 3.8) is 0 Å². The van der Waals surface area contributed by atoms with Crippen molar-refractivity contribution in [3.8, 4) is 0 Å². The summed E-state index contributed by atoms with van der Waals surface area (Å²) in [7, 11) is 0. The van der Waals surface area contributed by atoms with E-state index in [0.29, 0.717) is 19.6 Å². The standard InChI is InChI=1S/C14H20N2O4/c1-2-3-10-15-14(17)20-11-4-5-12-6-8-13(9-7-12)16(18)19/h6-9H,2-5,10-11H2,1H3,(H,15,17). The fourth-order valence-corrected chi connectivity index (χ4v) is 1.64. The SMILES string of the molecule is CCCCNC(=O)OCCCc1ccc([N+](=O)[O-])cc1. The molecule has 0 radical (unpaired) electrons. The Kier molecular flexibility index (Phi) is 7.10. The highest BCUT2D eigenvalue weighted by Crippen LogP contribution is 2.12. The van der Waals surface area contributed by atoms with Gasteiger partial charge in [0.2, 0.25) is 0 Å². The average Bonchev–Trinajstić information content (AvgIpc) is 2.44. The Balaban J connectivity index is 2.17. The molecule has 0 saturated carbocycles. The quantitative estimate of drug-likeness (QED) is 0.451. The second-order valence-corrected chi connectivity index (χ2v) is 4.44. The highest BCUT2D eigenvalue weighted by Gasteiger charge is 2.04. The molecule has 6 heteroatoms. The fraction of sp³-hybridized carbons (Fsp3) is 0.500. The monoisotopic (exact) mass is 280 g/mol. The van der Waals surface area contributed by atoms with Crippen LogP contribution in [0.3, 0.4) is 0 Å². The first-order valence-corrected chi connectivity index (χ1v) is 6.77. The van der Waals surface area contributed by atoms with Gasteiger partial charge < -0.3 is 10.1 Å². The predicted octanol–water partition coefficient (Wildman–Crippen LogP) is 3.05. The minimum atomic E-state index is -0.423. The maximum absolute atomic E-state index is 11.2. The Morgan fingerprint density at radius 1 is 1.30 bits per heavy atom. The largest absolute Gasteiger partial charge is 0.450 e. The van der Waals surface area contributed by atoms with E-state index < -0.39 is 4.92 Å². The number of ether oxygens (including phenoxy) is 1. The van der Waals surface area contributed by atoms with Crippen LogP contribution in [0, 0.1) is 10.1 Å². The van der Waals surface area contributed by atoms with E-state index in [1.165, 1.54) is 12.1 Å².